The molecule has 0 aliphatic rings. The maximum absolute atomic E-state index is 12.4. The number of nitrogens with zero attached hydrogens (tertiary/aromatic N) is 1. The third-order valence-electron chi connectivity index (χ3n) is 5.24. The molecule has 0 bridgehead atoms. The highest BCUT2D eigenvalue weighted by Crippen LogP contribution is 2.40. The standard InChI is InChI=1S/C23H29NOSSi/c1-17(2)27(18(3)4,19(5)6)16-14-20-10-12-21(13-11-20)23(25)26-22-9-7-8-15-24-22/h7-13,15,17-19H,1-6H3. The second-order valence-electron chi connectivity index (χ2n) is 7.78. The van der Waals surface area contributed by atoms with Gasteiger partial charge in [0.05, 0.1) is 0 Å². The largest absolute Gasteiger partial charge is 0.281 e. The molecule has 0 saturated carbocycles. The molecular formula is C23H29NOSSi. The van der Waals surface area contributed by atoms with Gasteiger partial charge >= 0.3 is 0 Å². The van der Waals surface area contributed by atoms with Crippen LogP contribution in [0.1, 0.15) is 57.5 Å². The molecule has 0 aliphatic carbocycles. The van der Waals surface area contributed by atoms with Crippen molar-refractivity contribution in [2.24, 2.45) is 0 Å². The predicted octanol–water partition coefficient (Wildman–Crippen LogP) is 6.58. The van der Waals surface area contributed by atoms with E-state index in [2.05, 4.69) is 58.0 Å². The molecule has 142 valence electrons. The first-order valence-corrected chi connectivity index (χ1v) is 12.6. The van der Waals surface area contributed by atoms with Crippen LogP contribution in [0.5, 0.6) is 0 Å². The van der Waals surface area contributed by atoms with Gasteiger partial charge in [0.25, 0.3) is 0 Å². The third kappa shape index (κ3) is 5.12. The Bertz CT molecular complexity index is 795. The van der Waals surface area contributed by atoms with Gasteiger partial charge in [-0.1, -0.05) is 53.5 Å². The first kappa shape index (κ1) is 21.5. The molecule has 0 spiro atoms. The molecular weight excluding hydrogens is 366 g/mol. The number of hydrogen-bond acceptors (Lipinski definition) is 3. The molecule has 0 unspecified atom stereocenters. The lowest BCUT2D eigenvalue weighted by Gasteiger charge is -2.38. The number of rotatable bonds is 5. The van der Waals surface area contributed by atoms with Crippen LogP contribution in [0.3, 0.4) is 0 Å². The molecule has 2 nitrogen and oxygen atoms in total. The average Bonchev–Trinajstić information content (AvgIpc) is 2.62. The molecule has 0 aliphatic heterocycles. The summed E-state index contributed by atoms with van der Waals surface area (Å²) in [7, 11) is -1.74. The van der Waals surface area contributed by atoms with Crippen LogP contribution < -0.4 is 0 Å². The lowest BCUT2D eigenvalue weighted by atomic mass is 10.1. The highest BCUT2D eigenvalue weighted by atomic mass is 32.2. The van der Waals surface area contributed by atoms with E-state index in [4.69, 9.17) is 0 Å². The SMILES string of the molecule is CC(C)[Si](C#Cc1ccc(C(=O)Sc2ccccn2)cc1)(C(C)C)C(C)C. The van der Waals surface area contributed by atoms with Crippen LogP contribution in [0.15, 0.2) is 53.7 Å². The second kappa shape index (κ2) is 9.39. The molecule has 1 aromatic heterocycles. The van der Waals surface area contributed by atoms with E-state index in [9.17, 15) is 4.79 Å². The van der Waals surface area contributed by atoms with E-state index < -0.39 is 8.07 Å². The van der Waals surface area contributed by atoms with Crippen molar-refractivity contribution < 1.29 is 4.79 Å². The Kier molecular flexibility index (Phi) is 7.47. The number of carbonyl (C=O) groups excluding carboxylic acids is 1. The zero-order chi connectivity index (χ0) is 20.0. The number of aromatic nitrogens is 1. The molecule has 0 fully saturated rings. The van der Waals surface area contributed by atoms with Crippen molar-refractivity contribution in [2.45, 2.75) is 63.2 Å². The summed E-state index contributed by atoms with van der Waals surface area (Å²) in [6.45, 7) is 13.9. The molecule has 2 aromatic rings. The minimum atomic E-state index is -1.74. The van der Waals surface area contributed by atoms with E-state index in [-0.39, 0.29) is 5.12 Å². The van der Waals surface area contributed by atoms with E-state index in [0.29, 0.717) is 27.2 Å². The van der Waals surface area contributed by atoms with Crippen molar-refractivity contribution in [3.8, 4) is 11.5 Å². The molecule has 0 N–H and O–H groups in total. The fraction of sp³-hybridized carbons (Fsp3) is 0.391. The second-order valence-corrected chi connectivity index (χ2v) is 14.4. The Hall–Kier alpha value is -1.83. The maximum Gasteiger partial charge on any atom is 0.225 e. The summed E-state index contributed by atoms with van der Waals surface area (Å²) in [5, 5.41) is 0.719. The summed E-state index contributed by atoms with van der Waals surface area (Å²) in [5.41, 5.74) is 7.22. The van der Waals surface area contributed by atoms with Gasteiger partial charge < -0.3 is 0 Å². The van der Waals surface area contributed by atoms with Gasteiger partial charge in [0, 0.05) is 17.3 Å². The van der Waals surface area contributed by atoms with Gasteiger partial charge in [-0.2, -0.15) is 0 Å². The van der Waals surface area contributed by atoms with E-state index in [1.165, 1.54) is 0 Å². The molecule has 27 heavy (non-hydrogen) atoms. The van der Waals surface area contributed by atoms with Gasteiger partial charge in [0.2, 0.25) is 5.12 Å². The van der Waals surface area contributed by atoms with Crippen LogP contribution in [0.25, 0.3) is 0 Å². The highest BCUT2D eigenvalue weighted by molar-refractivity contribution is 8.14. The Labute approximate surface area is 169 Å². The number of benzene rings is 1. The summed E-state index contributed by atoms with van der Waals surface area (Å²) < 4.78 is 0. The molecule has 1 aromatic carbocycles. The first-order chi connectivity index (χ1) is 12.8. The summed E-state index contributed by atoms with van der Waals surface area (Å²) in [4.78, 5) is 16.6. The van der Waals surface area contributed by atoms with Crippen LogP contribution in [0.2, 0.25) is 16.6 Å². The van der Waals surface area contributed by atoms with Crippen molar-refractivity contribution in [1.82, 2.24) is 4.98 Å². The number of carbonyl (C=O) groups is 1. The van der Waals surface area contributed by atoms with E-state index in [1.807, 2.05) is 42.5 Å². The van der Waals surface area contributed by atoms with Crippen LogP contribution in [-0.4, -0.2) is 18.2 Å². The maximum atomic E-state index is 12.4. The summed E-state index contributed by atoms with van der Waals surface area (Å²) in [6.07, 6.45) is 1.70. The number of pyridine rings is 1. The van der Waals surface area contributed by atoms with Gasteiger partial charge in [-0.15, -0.1) is 5.54 Å². The monoisotopic (exact) mass is 395 g/mol. The summed E-state index contributed by atoms with van der Waals surface area (Å²) >= 11 is 1.15. The fourth-order valence-electron chi connectivity index (χ4n) is 3.86. The summed E-state index contributed by atoms with van der Waals surface area (Å²) in [5.74, 6) is 3.43. The number of thioether (sulfide) groups is 1. The van der Waals surface area contributed by atoms with Gasteiger partial charge in [-0.05, 0) is 64.8 Å². The van der Waals surface area contributed by atoms with Gasteiger partial charge in [0.15, 0.2) is 0 Å². The highest BCUT2D eigenvalue weighted by Gasteiger charge is 2.41. The molecule has 1 heterocycles. The Morgan fingerprint density at radius 2 is 1.52 bits per heavy atom. The van der Waals surface area contributed by atoms with Crippen molar-refractivity contribution in [1.29, 1.82) is 0 Å². The molecule has 2 rings (SSSR count). The van der Waals surface area contributed by atoms with Gasteiger partial charge in [-0.25, -0.2) is 4.98 Å². The van der Waals surface area contributed by atoms with Crippen LogP contribution >= 0.6 is 11.8 Å². The number of hydrogen-bond donors (Lipinski definition) is 0. The molecule has 0 atom stereocenters. The molecule has 0 saturated heterocycles. The lowest BCUT2D eigenvalue weighted by molar-refractivity contribution is 0.108. The van der Waals surface area contributed by atoms with E-state index in [0.717, 1.165) is 17.3 Å². The fourth-order valence-corrected chi connectivity index (χ4v) is 9.80. The Balaban J connectivity index is 2.20. The minimum absolute atomic E-state index is 0.00322. The first-order valence-electron chi connectivity index (χ1n) is 9.53. The van der Waals surface area contributed by atoms with Crippen molar-refractivity contribution in [3.63, 3.8) is 0 Å². The normalized spacial score (nSPS) is 11.6. The van der Waals surface area contributed by atoms with Crippen molar-refractivity contribution in [3.05, 3.63) is 59.8 Å². The summed E-state index contributed by atoms with van der Waals surface area (Å²) in [6, 6.07) is 13.2. The van der Waals surface area contributed by atoms with Crippen molar-refractivity contribution >= 4 is 25.0 Å². The lowest BCUT2D eigenvalue weighted by Crippen LogP contribution is -2.43. The molecule has 0 amide bonds. The predicted molar refractivity (Wildman–Crippen MR) is 119 cm³/mol. The topological polar surface area (TPSA) is 30.0 Å². The quantitative estimate of drug-likeness (QED) is 0.325. The zero-order valence-electron chi connectivity index (χ0n) is 17.1. The van der Waals surface area contributed by atoms with E-state index in [1.54, 1.807) is 6.20 Å². The molecule has 4 heteroatoms. The van der Waals surface area contributed by atoms with Crippen molar-refractivity contribution in [2.75, 3.05) is 0 Å². The van der Waals surface area contributed by atoms with Crippen LogP contribution in [-0.2, 0) is 0 Å². The zero-order valence-corrected chi connectivity index (χ0v) is 18.9. The third-order valence-corrected chi connectivity index (χ3v) is 12.4. The van der Waals surface area contributed by atoms with Gasteiger partial charge in [0.1, 0.15) is 13.1 Å². The average molecular weight is 396 g/mol. The Morgan fingerprint density at radius 3 is 2.00 bits per heavy atom. The minimum Gasteiger partial charge on any atom is -0.281 e. The smallest absolute Gasteiger partial charge is 0.225 e. The van der Waals surface area contributed by atoms with E-state index >= 15 is 0 Å². The van der Waals surface area contributed by atoms with Gasteiger partial charge in [-0.3, -0.25) is 4.79 Å². The molecule has 0 radical (unpaired) electrons. The van der Waals surface area contributed by atoms with Crippen LogP contribution in [0.4, 0.5) is 0 Å². The Morgan fingerprint density at radius 1 is 0.926 bits per heavy atom. The van der Waals surface area contributed by atoms with Crippen LogP contribution in [0, 0.1) is 11.5 Å².